The first-order valence-electron chi connectivity index (χ1n) is 7.02. The molecule has 0 saturated carbocycles. The van der Waals surface area contributed by atoms with E-state index >= 15 is 0 Å². The van der Waals surface area contributed by atoms with Crippen LogP contribution in [-0.2, 0) is 4.74 Å². The zero-order valence-corrected chi connectivity index (χ0v) is 12.3. The van der Waals surface area contributed by atoms with Gasteiger partial charge < -0.3 is 9.64 Å². The first-order valence-corrected chi connectivity index (χ1v) is 7.90. The lowest BCUT2D eigenvalue weighted by molar-refractivity contribution is 0.0930. The molecule has 0 amide bonds. The number of thiophene rings is 1. The van der Waals surface area contributed by atoms with Crippen molar-refractivity contribution in [2.45, 2.75) is 6.04 Å². The van der Waals surface area contributed by atoms with Gasteiger partial charge in [-0.1, -0.05) is 0 Å². The summed E-state index contributed by atoms with van der Waals surface area (Å²) in [6.45, 7) is 4.79. The van der Waals surface area contributed by atoms with Crippen molar-refractivity contribution in [1.82, 2.24) is 14.9 Å². The second kappa shape index (κ2) is 4.95. The number of anilines is 1. The highest BCUT2D eigenvalue weighted by Gasteiger charge is 2.32. The van der Waals surface area contributed by atoms with Gasteiger partial charge in [0.25, 0.3) is 0 Å². The summed E-state index contributed by atoms with van der Waals surface area (Å²) in [7, 11) is 2.20. The number of nitrogens with zero attached hydrogens (tertiary/aromatic N) is 4. The molecule has 20 heavy (non-hydrogen) atoms. The third kappa shape index (κ3) is 2.08. The summed E-state index contributed by atoms with van der Waals surface area (Å²) in [5.74, 6) is 1.65. The molecule has 2 fully saturated rings. The molecular formula is C14H18N4OS. The van der Waals surface area contributed by atoms with Gasteiger partial charge >= 0.3 is 0 Å². The van der Waals surface area contributed by atoms with Gasteiger partial charge in [0, 0.05) is 25.6 Å². The quantitative estimate of drug-likeness (QED) is 0.795. The van der Waals surface area contributed by atoms with Crippen molar-refractivity contribution in [2.75, 3.05) is 44.8 Å². The highest BCUT2D eigenvalue weighted by Crippen LogP contribution is 2.30. The molecule has 2 aromatic heterocycles. The number of ether oxygens (including phenoxy) is 1. The Hall–Kier alpha value is -1.24. The second-order valence-corrected chi connectivity index (χ2v) is 6.65. The lowest BCUT2D eigenvalue weighted by Gasteiger charge is -2.30. The molecule has 2 atom stereocenters. The van der Waals surface area contributed by atoms with Crippen LogP contribution in [0.15, 0.2) is 17.8 Å². The molecule has 106 valence electrons. The van der Waals surface area contributed by atoms with Crippen LogP contribution >= 0.6 is 11.3 Å². The molecule has 6 heteroatoms. The van der Waals surface area contributed by atoms with Crippen molar-refractivity contribution in [2.24, 2.45) is 5.92 Å². The molecule has 0 N–H and O–H groups in total. The molecule has 5 nitrogen and oxygen atoms in total. The van der Waals surface area contributed by atoms with Crippen LogP contribution < -0.4 is 4.90 Å². The van der Waals surface area contributed by atoms with Crippen LogP contribution in [0, 0.1) is 5.92 Å². The molecule has 2 aliphatic rings. The van der Waals surface area contributed by atoms with E-state index < -0.39 is 0 Å². The molecule has 0 spiro atoms. The van der Waals surface area contributed by atoms with Crippen LogP contribution in [0.5, 0.6) is 0 Å². The molecule has 0 unspecified atom stereocenters. The molecule has 2 bridgehead atoms. The number of aromatic nitrogens is 2. The molecule has 2 aromatic rings. The van der Waals surface area contributed by atoms with E-state index in [2.05, 4.69) is 38.3 Å². The van der Waals surface area contributed by atoms with Crippen molar-refractivity contribution >= 4 is 27.4 Å². The van der Waals surface area contributed by atoms with Gasteiger partial charge in [0.1, 0.15) is 12.1 Å². The van der Waals surface area contributed by atoms with Crippen LogP contribution in [0.4, 0.5) is 5.82 Å². The van der Waals surface area contributed by atoms with E-state index in [9.17, 15) is 0 Å². The fraction of sp³-hybridized carbons (Fsp3) is 0.571. The van der Waals surface area contributed by atoms with Gasteiger partial charge in [-0.05, 0) is 18.5 Å². The Morgan fingerprint density at radius 2 is 2.20 bits per heavy atom. The van der Waals surface area contributed by atoms with E-state index in [-0.39, 0.29) is 0 Å². The van der Waals surface area contributed by atoms with E-state index in [4.69, 9.17) is 4.74 Å². The topological polar surface area (TPSA) is 41.5 Å². The fourth-order valence-corrected chi connectivity index (χ4v) is 4.09. The monoisotopic (exact) mass is 290 g/mol. The minimum absolute atomic E-state index is 0.451. The molecule has 0 aliphatic carbocycles. The fourth-order valence-electron chi connectivity index (χ4n) is 3.22. The maximum absolute atomic E-state index is 5.79. The van der Waals surface area contributed by atoms with Crippen molar-refractivity contribution < 1.29 is 4.74 Å². The molecule has 0 aromatic carbocycles. The SMILES string of the molecule is CN1C[C@H]2COC[C@@H]1CN(c1ncnc3ccsc13)C2. The molecule has 4 heterocycles. The zero-order chi connectivity index (χ0) is 13.5. The Bertz CT molecular complexity index is 616. The Morgan fingerprint density at radius 3 is 3.15 bits per heavy atom. The summed E-state index contributed by atoms with van der Waals surface area (Å²) < 4.78 is 6.99. The van der Waals surface area contributed by atoms with Crippen molar-refractivity contribution in [3.8, 4) is 0 Å². The first-order chi connectivity index (χ1) is 9.81. The number of hydrogen-bond acceptors (Lipinski definition) is 6. The van der Waals surface area contributed by atoms with Crippen LogP contribution in [0.2, 0.25) is 0 Å². The van der Waals surface area contributed by atoms with Crippen molar-refractivity contribution in [3.63, 3.8) is 0 Å². The molecular weight excluding hydrogens is 272 g/mol. The maximum Gasteiger partial charge on any atom is 0.150 e. The summed E-state index contributed by atoms with van der Waals surface area (Å²) in [5.41, 5.74) is 1.05. The van der Waals surface area contributed by atoms with Gasteiger partial charge in [0.15, 0.2) is 0 Å². The van der Waals surface area contributed by atoms with Gasteiger partial charge in [0.05, 0.1) is 29.5 Å². The van der Waals surface area contributed by atoms with Gasteiger partial charge in [-0.3, -0.25) is 4.90 Å². The maximum atomic E-state index is 5.79. The van der Waals surface area contributed by atoms with E-state index in [1.807, 2.05) is 0 Å². The van der Waals surface area contributed by atoms with Gasteiger partial charge in [-0.25, -0.2) is 9.97 Å². The van der Waals surface area contributed by atoms with Crippen LogP contribution in [0.1, 0.15) is 0 Å². The lowest BCUT2D eigenvalue weighted by atomic mass is 10.1. The average Bonchev–Trinajstić information content (AvgIpc) is 2.76. The largest absolute Gasteiger partial charge is 0.379 e. The summed E-state index contributed by atoms with van der Waals surface area (Å²) in [6, 6.07) is 2.52. The lowest BCUT2D eigenvalue weighted by Crippen LogP contribution is -2.42. The van der Waals surface area contributed by atoms with Crippen LogP contribution in [0.25, 0.3) is 10.2 Å². The number of fused-ring (bicyclic) bond motifs is 4. The summed E-state index contributed by atoms with van der Waals surface area (Å²) in [4.78, 5) is 13.8. The number of likely N-dealkylation sites (N-methyl/N-ethyl adjacent to an activating group) is 1. The Balaban J connectivity index is 1.73. The first kappa shape index (κ1) is 12.5. The summed E-state index contributed by atoms with van der Waals surface area (Å²) in [5, 5.41) is 2.09. The third-order valence-electron chi connectivity index (χ3n) is 4.27. The molecule has 2 aliphatic heterocycles. The smallest absolute Gasteiger partial charge is 0.150 e. The minimum atomic E-state index is 0.451. The Labute approximate surface area is 122 Å². The Kier molecular flexibility index (Phi) is 3.09. The van der Waals surface area contributed by atoms with Gasteiger partial charge in [-0.15, -0.1) is 11.3 Å². The van der Waals surface area contributed by atoms with Crippen LogP contribution in [0.3, 0.4) is 0 Å². The van der Waals surface area contributed by atoms with Crippen molar-refractivity contribution in [3.05, 3.63) is 17.8 Å². The highest BCUT2D eigenvalue weighted by atomic mass is 32.1. The molecule has 4 rings (SSSR count). The second-order valence-electron chi connectivity index (χ2n) is 5.73. The highest BCUT2D eigenvalue weighted by molar-refractivity contribution is 7.17. The van der Waals surface area contributed by atoms with Gasteiger partial charge in [0.2, 0.25) is 0 Å². The van der Waals surface area contributed by atoms with Gasteiger partial charge in [-0.2, -0.15) is 0 Å². The molecule has 0 radical (unpaired) electrons. The zero-order valence-electron chi connectivity index (χ0n) is 11.5. The Morgan fingerprint density at radius 1 is 1.25 bits per heavy atom. The number of hydrogen-bond donors (Lipinski definition) is 0. The van der Waals surface area contributed by atoms with E-state index in [0.717, 1.165) is 44.2 Å². The normalized spacial score (nSPS) is 27.8. The van der Waals surface area contributed by atoms with Crippen molar-refractivity contribution in [1.29, 1.82) is 0 Å². The molecule has 2 saturated heterocycles. The predicted octanol–water partition coefficient (Wildman–Crippen LogP) is 1.46. The van der Waals surface area contributed by atoms with Crippen LogP contribution in [-0.4, -0.2) is 60.8 Å². The third-order valence-corrected chi connectivity index (χ3v) is 5.17. The minimum Gasteiger partial charge on any atom is -0.379 e. The van der Waals surface area contributed by atoms with E-state index in [0.29, 0.717) is 12.0 Å². The predicted molar refractivity (Wildman–Crippen MR) is 80.4 cm³/mol. The summed E-state index contributed by atoms with van der Waals surface area (Å²) in [6.07, 6.45) is 1.69. The average molecular weight is 290 g/mol. The van der Waals surface area contributed by atoms with E-state index in [1.165, 1.54) is 4.70 Å². The summed E-state index contributed by atoms with van der Waals surface area (Å²) >= 11 is 1.73. The number of rotatable bonds is 1. The standard InChI is InChI=1S/C14H18N4OS/c1-17-4-10-5-18(6-11(17)8-19-7-10)14-13-12(2-3-20-13)15-9-16-14/h2-3,9-11H,4-8H2,1H3/t10-,11+/m1/s1. The van der Waals surface area contributed by atoms with E-state index in [1.54, 1.807) is 17.7 Å².